The van der Waals surface area contributed by atoms with E-state index in [1.54, 1.807) is 6.07 Å². The third-order valence-electron chi connectivity index (χ3n) is 4.53. The van der Waals surface area contributed by atoms with Crippen LogP contribution in [0.5, 0.6) is 5.75 Å². The molecule has 0 saturated carbocycles. The quantitative estimate of drug-likeness (QED) is 0.725. The van der Waals surface area contributed by atoms with E-state index in [2.05, 4.69) is 34.1 Å². The summed E-state index contributed by atoms with van der Waals surface area (Å²) in [7, 11) is 0. The van der Waals surface area contributed by atoms with Crippen LogP contribution in [0.1, 0.15) is 5.56 Å². The van der Waals surface area contributed by atoms with Gasteiger partial charge in [0.1, 0.15) is 18.5 Å². The molecule has 1 fully saturated rings. The number of nitrogen functional groups attached to an aromatic ring is 1. The van der Waals surface area contributed by atoms with Gasteiger partial charge < -0.3 is 15.6 Å². The Kier molecular flexibility index (Phi) is 8.19. The average molecular weight is 378 g/mol. The standard InChI is InChI=1S/C20H27N3O2.ClH/c21-19-8-4-5-9-20(19)25-16-18(24)15-23-12-10-22(11-13-23)14-17-6-2-1-3-7-17;/h1-9,18,24H,10-16,21H2;1H. The summed E-state index contributed by atoms with van der Waals surface area (Å²) in [6.07, 6.45) is -0.514. The molecule has 3 N–H and O–H groups in total. The molecular weight excluding hydrogens is 350 g/mol. The fourth-order valence-electron chi connectivity index (χ4n) is 3.12. The van der Waals surface area contributed by atoms with E-state index in [0.717, 1.165) is 32.7 Å². The van der Waals surface area contributed by atoms with Crippen LogP contribution in [0.4, 0.5) is 5.69 Å². The van der Waals surface area contributed by atoms with Crippen molar-refractivity contribution in [3.05, 3.63) is 60.2 Å². The highest BCUT2D eigenvalue weighted by molar-refractivity contribution is 5.85. The molecule has 1 atom stereocenters. The molecule has 0 spiro atoms. The molecule has 5 nitrogen and oxygen atoms in total. The molecule has 1 unspecified atom stereocenters. The topological polar surface area (TPSA) is 62.0 Å². The third kappa shape index (κ3) is 6.18. The Morgan fingerprint density at radius 2 is 1.54 bits per heavy atom. The van der Waals surface area contributed by atoms with Crippen LogP contribution < -0.4 is 10.5 Å². The highest BCUT2D eigenvalue weighted by atomic mass is 35.5. The maximum absolute atomic E-state index is 10.2. The van der Waals surface area contributed by atoms with Gasteiger partial charge in [0.2, 0.25) is 0 Å². The number of anilines is 1. The predicted octanol–water partition coefficient (Wildman–Crippen LogP) is 2.25. The van der Waals surface area contributed by atoms with E-state index in [0.29, 0.717) is 18.0 Å². The highest BCUT2D eigenvalue weighted by Gasteiger charge is 2.19. The zero-order valence-corrected chi connectivity index (χ0v) is 15.8. The lowest BCUT2D eigenvalue weighted by atomic mass is 10.2. The second kappa shape index (κ2) is 10.4. The van der Waals surface area contributed by atoms with Crippen molar-refractivity contribution in [2.24, 2.45) is 0 Å². The Bertz CT molecular complexity index is 649. The molecule has 0 bridgehead atoms. The van der Waals surface area contributed by atoms with Crippen molar-refractivity contribution in [2.45, 2.75) is 12.6 Å². The Hall–Kier alpha value is -1.79. The van der Waals surface area contributed by atoms with Crippen LogP contribution in [-0.2, 0) is 6.54 Å². The molecule has 6 heteroatoms. The molecule has 2 aromatic rings. The Labute approximate surface area is 161 Å². The van der Waals surface area contributed by atoms with Crippen LogP contribution in [0.15, 0.2) is 54.6 Å². The first kappa shape index (κ1) is 20.5. The van der Waals surface area contributed by atoms with E-state index >= 15 is 0 Å². The van der Waals surface area contributed by atoms with Crippen molar-refractivity contribution in [1.29, 1.82) is 0 Å². The largest absolute Gasteiger partial charge is 0.489 e. The van der Waals surface area contributed by atoms with Gasteiger partial charge in [0.25, 0.3) is 0 Å². The number of nitrogens with zero attached hydrogens (tertiary/aromatic N) is 2. The molecule has 26 heavy (non-hydrogen) atoms. The first-order valence-corrected chi connectivity index (χ1v) is 8.85. The normalized spacial score (nSPS) is 16.7. The Morgan fingerprint density at radius 1 is 0.923 bits per heavy atom. The van der Waals surface area contributed by atoms with Gasteiger partial charge in [-0.05, 0) is 17.7 Å². The third-order valence-corrected chi connectivity index (χ3v) is 4.53. The highest BCUT2D eigenvalue weighted by Crippen LogP contribution is 2.19. The molecule has 1 heterocycles. The lowest BCUT2D eigenvalue weighted by Gasteiger charge is -2.35. The first-order valence-electron chi connectivity index (χ1n) is 8.85. The number of ether oxygens (including phenoxy) is 1. The number of hydrogen-bond donors (Lipinski definition) is 2. The summed E-state index contributed by atoms with van der Waals surface area (Å²) >= 11 is 0. The summed E-state index contributed by atoms with van der Waals surface area (Å²) in [5.41, 5.74) is 7.80. The van der Waals surface area contributed by atoms with Gasteiger partial charge in [0.05, 0.1) is 5.69 Å². The van der Waals surface area contributed by atoms with Gasteiger partial charge in [0, 0.05) is 39.3 Å². The number of benzene rings is 2. The number of hydrogen-bond acceptors (Lipinski definition) is 5. The molecule has 2 aromatic carbocycles. The SMILES string of the molecule is Cl.Nc1ccccc1OCC(O)CN1CCN(Cc2ccccc2)CC1. The average Bonchev–Trinajstić information content (AvgIpc) is 2.64. The van der Waals surface area contributed by atoms with Crippen LogP contribution in [-0.4, -0.2) is 60.3 Å². The molecule has 3 rings (SSSR count). The number of rotatable bonds is 7. The van der Waals surface area contributed by atoms with Crippen molar-refractivity contribution < 1.29 is 9.84 Å². The monoisotopic (exact) mass is 377 g/mol. The van der Waals surface area contributed by atoms with E-state index in [1.165, 1.54) is 5.56 Å². The minimum Gasteiger partial charge on any atom is -0.489 e. The molecule has 0 amide bonds. The van der Waals surface area contributed by atoms with Gasteiger partial charge >= 0.3 is 0 Å². The van der Waals surface area contributed by atoms with Crippen molar-refractivity contribution in [1.82, 2.24) is 9.80 Å². The van der Waals surface area contributed by atoms with Gasteiger partial charge in [-0.15, -0.1) is 12.4 Å². The number of aliphatic hydroxyl groups is 1. The van der Waals surface area contributed by atoms with Gasteiger partial charge in [-0.2, -0.15) is 0 Å². The molecule has 1 saturated heterocycles. The minimum atomic E-state index is -0.514. The molecule has 1 aliphatic rings. The van der Waals surface area contributed by atoms with Crippen LogP contribution in [0.3, 0.4) is 0 Å². The van der Waals surface area contributed by atoms with Gasteiger partial charge in [-0.3, -0.25) is 9.80 Å². The number of halogens is 1. The zero-order valence-electron chi connectivity index (χ0n) is 15.0. The zero-order chi connectivity index (χ0) is 17.5. The van der Waals surface area contributed by atoms with Crippen molar-refractivity contribution in [3.8, 4) is 5.75 Å². The van der Waals surface area contributed by atoms with Crippen molar-refractivity contribution in [3.63, 3.8) is 0 Å². The van der Waals surface area contributed by atoms with E-state index in [4.69, 9.17) is 10.5 Å². The van der Waals surface area contributed by atoms with Gasteiger partial charge in [0.15, 0.2) is 0 Å². The smallest absolute Gasteiger partial charge is 0.142 e. The van der Waals surface area contributed by atoms with E-state index in [-0.39, 0.29) is 19.0 Å². The molecule has 0 aliphatic carbocycles. The number of para-hydroxylation sites is 2. The lowest BCUT2D eigenvalue weighted by Crippen LogP contribution is -2.48. The summed E-state index contributed by atoms with van der Waals surface area (Å²) in [6.45, 7) is 5.87. The van der Waals surface area contributed by atoms with Gasteiger partial charge in [-0.1, -0.05) is 42.5 Å². The van der Waals surface area contributed by atoms with E-state index in [9.17, 15) is 5.11 Å². The molecule has 0 radical (unpaired) electrons. The maximum atomic E-state index is 10.2. The van der Waals surface area contributed by atoms with Crippen LogP contribution in [0.2, 0.25) is 0 Å². The van der Waals surface area contributed by atoms with Crippen molar-refractivity contribution in [2.75, 3.05) is 45.1 Å². The summed E-state index contributed by atoms with van der Waals surface area (Å²) in [6, 6.07) is 17.9. The maximum Gasteiger partial charge on any atom is 0.142 e. The summed E-state index contributed by atoms with van der Waals surface area (Å²) in [5.74, 6) is 0.634. The fraction of sp³-hybridized carbons (Fsp3) is 0.400. The summed E-state index contributed by atoms with van der Waals surface area (Å²) < 4.78 is 5.63. The van der Waals surface area contributed by atoms with E-state index < -0.39 is 6.10 Å². The minimum absolute atomic E-state index is 0. The fourth-order valence-corrected chi connectivity index (χ4v) is 3.12. The predicted molar refractivity (Wildman–Crippen MR) is 108 cm³/mol. The van der Waals surface area contributed by atoms with Crippen LogP contribution in [0, 0.1) is 0 Å². The number of aliphatic hydroxyl groups excluding tert-OH is 1. The Balaban J connectivity index is 0.00000243. The molecule has 0 aromatic heterocycles. The molecule has 1 aliphatic heterocycles. The molecule has 142 valence electrons. The van der Waals surface area contributed by atoms with Crippen molar-refractivity contribution >= 4 is 18.1 Å². The van der Waals surface area contributed by atoms with Gasteiger partial charge in [-0.25, -0.2) is 0 Å². The number of piperazine rings is 1. The summed E-state index contributed by atoms with van der Waals surface area (Å²) in [5, 5.41) is 10.2. The second-order valence-corrected chi connectivity index (χ2v) is 6.57. The lowest BCUT2D eigenvalue weighted by molar-refractivity contribution is 0.0448. The second-order valence-electron chi connectivity index (χ2n) is 6.57. The first-order chi connectivity index (χ1) is 12.2. The number of β-amino-alcohol motifs (C(OH)–C–C–N with tert-alkyl or cyclic N) is 1. The summed E-state index contributed by atoms with van der Waals surface area (Å²) in [4.78, 5) is 4.75. The Morgan fingerprint density at radius 3 is 2.23 bits per heavy atom. The van der Waals surface area contributed by atoms with Crippen LogP contribution >= 0.6 is 12.4 Å². The van der Waals surface area contributed by atoms with Crippen LogP contribution in [0.25, 0.3) is 0 Å². The van der Waals surface area contributed by atoms with E-state index in [1.807, 2.05) is 24.3 Å². The number of nitrogens with two attached hydrogens (primary N) is 1. The molecular formula is C20H28ClN3O2.